The minimum absolute atomic E-state index is 0.154. The summed E-state index contributed by atoms with van der Waals surface area (Å²) in [6, 6.07) is 0.154. The topological polar surface area (TPSA) is 58.6 Å². The highest BCUT2D eigenvalue weighted by atomic mass is 16.5. The Morgan fingerprint density at radius 3 is 2.56 bits per heavy atom. The Labute approximate surface area is 110 Å². The number of aliphatic carboxylic acids is 1. The Kier molecular flexibility index (Phi) is 6.09. The van der Waals surface area contributed by atoms with E-state index in [1.54, 1.807) is 6.92 Å². The number of hydrogen-bond acceptors (Lipinski definition) is 3. The molecule has 2 N–H and O–H groups in total. The van der Waals surface area contributed by atoms with Gasteiger partial charge in [-0.05, 0) is 46.0 Å². The van der Waals surface area contributed by atoms with Crippen LogP contribution in [0.3, 0.4) is 0 Å². The van der Waals surface area contributed by atoms with E-state index in [0.717, 1.165) is 6.61 Å². The zero-order valence-corrected chi connectivity index (χ0v) is 11.9. The minimum Gasteiger partial charge on any atom is -0.480 e. The van der Waals surface area contributed by atoms with Crippen molar-refractivity contribution in [3.8, 4) is 0 Å². The molecule has 106 valence electrons. The first-order chi connectivity index (χ1) is 8.44. The van der Waals surface area contributed by atoms with Gasteiger partial charge in [0, 0.05) is 19.3 Å². The molecule has 0 heterocycles. The summed E-state index contributed by atoms with van der Waals surface area (Å²) in [4.78, 5) is 11.3. The molecule has 0 aromatic heterocycles. The van der Waals surface area contributed by atoms with Crippen molar-refractivity contribution in [3.63, 3.8) is 0 Å². The summed E-state index contributed by atoms with van der Waals surface area (Å²) in [6.45, 7) is 6.95. The summed E-state index contributed by atoms with van der Waals surface area (Å²) in [7, 11) is 0. The third-order valence-electron chi connectivity index (χ3n) is 3.65. The number of carboxylic acid groups (broad SMARTS) is 1. The van der Waals surface area contributed by atoms with E-state index >= 15 is 0 Å². The van der Waals surface area contributed by atoms with Gasteiger partial charge in [0.1, 0.15) is 5.54 Å². The smallest absolute Gasteiger partial charge is 0.323 e. The predicted molar refractivity (Wildman–Crippen MR) is 71.7 cm³/mol. The van der Waals surface area contributed by atoms with Crippen LogP contribution in [0.15, 0.2) is 0 Å². The third kappa shape index (κ3) is 4.94. The lowest BCUT2D eigenvalue weighted by atomic mass is 9.97. The standard InChI is InChI=1S/C14H27NO3/c1-11(2)15-14(3,13(16)17)8-9-18-10-12-6-4-5-7-12/h11-12,15H,4-10H2,1-3H3,(H,16,17). The van der Waals surface area contributed by atoms with Crippen molar-refractivity contribution in [2.75, 3.05) is 13.2 Å². The average Bonchev–Trinajstić information content (AvgIpc) is 2.76. The molecule has 4 nitrogen and oxygen atoms in total. The number of carboxylic acids is 1. The molecule has 1 unspecified atom stereocenters. The summed E-state index contributed by atoms with van der Waals surface area (Å²) in [5.41, 5.74) is -0.885. The van der Waals surface area contributed by atoms with Gasteiger partial charge in [-0.3, -0.25) is 10.1 Å². The van der Waals surface area contributed by atoms with Crippen molar-refractivity contribution < 1.29 is 14.6 Å². The van der Waals surface area contributed by atoms with Gasteiger partial charge in [-0.15, -0.1) is 0 Å². The average molecular weight is 257 g/mol. The summed E-state index contributed by atoms with van der Waals surface area (Å²) < 4.78 is 5.64. The van der Waals surface area contributed by atoms with Gasteiger partial charge in [0.15, 0.2) is 0 Å². The zero-order valence-electron chi connectivity index (χ0n) is 11.9. The molecule has 0 saturated heterocycles. The van der Waals surface area contributed by atoms with Crippen LogP contribution in [0.25, 0.3) is 0 Å². The van der Waals surface area contributed by atoms with E-state index in [4.69, 9.17) is 4.74 Å². The molecule has 1 fully saturated rings. The number of ether oxygens (including phenoxy) is 1. The Hall–Kier alpha value is -0.610. The van der Waals surface area contributed by atoms with Gasteiger partial charge < -0.3 is 9.84 Å². The molecule has 0 aromatic rings. The van der Waals surface area contributed by atoms with E-state index in [1.165, 1.54) is 25.7 Å². The van der Waals surface area contributed by atoms with E-state index in [2.05, 4.69) is 5.32 Å². The van der Waals surface area contributed by atoms with Crippen molar-refractivity contribution in [2.24, 2.45) is 5.92 Å². The van der Waals surface area contributed by atoms with Crippen LogP contribution in [0.4, 0.5) is 0 Å². The first-order valence-corrected chi connectivity index (χ1v) is 7.03. The molecule has 0 radical (unpaired) electrons. The quantitative estimate of drug-likeness (QED) is 0.656. The van der Waals surface area contributed by atoms with Gasteiger partial charge in [0.05, 0.1) is 0 Å². The maximum Gasteiger partial charge on any atom is 0.323 e. The molecule has 18 heavy (non-hydrogen) atoms. The molecular weight excluding hydrogens is 230 g/mol. The Morgan fingerprint density at radius 2 is 2.06 bits per heavy atom. The van der Waals surface area contributed by atoms with Crippen LogP contribution in [0.5, 0.6) is 0 Å². The molecule has 0 spiro atoms. The van der Waals surface area contributed by atoms with Gasteiger partial charge >= 0.3 is 5.97 Å². The fraction of sp³-hybridized carbons (Fsp3) is 0.929. The van der Waals surface area contributed by atoms with Gasteiger partial charge in [0.25, 0.3) is 0 Å². The van der Waals surface area contributed by atoms with Crippen LogP contribution in [-0.2, 0) is 9.53 Å². The van der Waals surface area contributed by atoms with Crippen molar-refractivity contribution in [1.29, 1.82) is 0 Å². The lowest BCUT2D eigenvalue weighted by Gasteiger charge is -2.28. The largest absolute Gasteiger partial charge is 0.480 e. The highest BCUT2D eigenvalue weighted by Crippen LogP contribution is 2.24. The first-order valence-electron chi connectivity index (χ1n) is 7.03. The second-order valence-corrected chi connectivity index (χ2v) is 5.91. The Morgan fingerprint density at radius 1 is 1.44 bits per heavy atom. The Balaban J connectivity index is 2.26. The SMILES string of the molecule is CC(C)NC(C)(CCOCC1CCCC1)C(=O)O. The van der Waals surface area contributed by atoms with Gasteiger partial charge in [-0.1, -0.05) is 12.8 Å². The maximum atomic E-state index is 11.3. The van der Waals surface area contributed by atoms with E-state index in [-0.39, 0.29) is 6.04 Å². The fourth-order valence-corrected chi connectivity index (χ4v) is 2.58. The van der Waals surface area contributed by atoms with Crippen LogP contribution < -0.4 is 5.32 Å². The zero-order chi connectivity index (χ0) is 13.6. The molecule has 0 bridgehead atoms. The van der Waals surface area contributed by atoms with Crippen LogP contribution >= 0.6 is 0 Å². The molecule has 1 aliphatic rings. The Bertz CT molecular complexity index is 262. The van der Waals surface area contributed by atoms with Crippen molar-refractivity contribution in [3.05, 3.63) is 0 Å². The van der Waals surface area contributed by atoms with E-state index in [9.17, 15) is 9.90 Å². The molecule has 1 aliphatic carbocycles. The summed E-state index contributed by atoms with van der Waals surface area (Å²) in [6.07, 6.45) is 5.67. The van der Waals surface area contributed by atoms with Crippen molar-refractivity contribution in [2.45, 2.75) is 64.5 Å². The van der Waals surface area contributed by atoms with Gasteiger partial charge in [0.2, 0.25) is 0 Å². The monoisotopic (exact) mass is 257 g/mol. The van der Waals surface area contributed by atoms with Crippen molar-refractivity contribution >= 4 is 5.97 Å². The second kappa shape index (κ2) is 7.10. The molecule has 0 aromatic carbocycles. The highest BCUT2D eigenvalue weighted by molar-refractivity contribution is 5.78. The van der Waals surface area contributed by atoms with Crippen LogP contribution in [0, 0.1) is 5.92 Å². The fourth-order valence-electron chi connectivity index (χ4n) is 2.58. The van der Waals surface area contributed by atoms with Gasteiger partial charge in [-0.2, -0.15) is 0 Å². The third-order valence-corrected chi connectivity index (χ3v) is 3.65. The number of carbonyl (C=O) groups is 1. The van der Waals surface area contributed by atoms with E-state index in [1.807, 2.05) is 13.8 Å². The van der Waals surface area contributed by atoms with Gasteiger partial charge in [-0.25, -0.2) is 0 Å². The van der Waals surface area contributed by atoms with Crippen LogP contribution in [0.1, 0.15) is 52.9 Å². The number of hydrogen-bond donors (Lipinski definition) is 2. The summed E-state index contributed by atoms with van der Waals surface area (Å²) in [5, 5.41) is 12.4. The molecule has 1 saturated carbocycles. The summed E-state index contributed by atoms with van der Waals surface area (Å²) >= 11 is 0. The summed E-state index contributed by atoms with van der Waals surface area (Å²) in [5.74, 6) is -0.111. The lowest BCUT2D eigenvalue weighted by molar-refractivity contribution is -0.145. The molecule has 0 amide bonds. The second-order valence-electron chi connectivity index (χ2n) is 5.91. The molecular formula is C14H27NO3. The normalized spacial score (nSPS) is 20.2. The number of rotatable bonds is 8. The number of nitrogens with one attached hydrogen (secondary N) is 1. The maximum absolute atomic E-state index is 11.3. The highest BCUT2D eigenvalue weighted by Gasteiger charge is 2.33. The molecule has 0 aliphatic heterocycles. The lowest BCUT2D eigenvalue weighted by Crippen LogP contribution is -2.53. The predicted octanol–water partition coefficient (Wildman–Crippen LogP) is 2.42. The molecule has 1 rings (SSSR count). The first kappa shape index (κ1) is 15.4. The van der Waals surface area contributed by atoms with E-state index in [0.29, 0.717) is 18.9 Å². The van der Waals surface area contributed by atoms with Crippen LogP contribution in [0.2, 0.25) is 0 Å². The van der Waals surface area contributed by atoms with E-state index < -0.39 is 11.5 Å². The molecule has 1 atom stereocenters. The molecule has 4 heteroatoms. The minimum atomic E-state index is -0.885. The van der Waals surface area contributed by atoms with Crippen molar-refractivity contribution in [1.82, 2.24) is 5.32 Å². The van der Waals surface area contributed by atoms with Crippen LogP contribution in [-0.4, -0.2) is 35.9 Å².